The maximum absolute atomic E-state index is 13.6. The lowest BCUT2D eigenvalue weighted by molar-refractivity contribution is -0.765. The van der Waals surface area contributed by atoms with Crippen molar-refractivity contribution in [2.75, 3.05) is 6.61 Å². The summed E-state index contributed by atoms with van der Waals surface area (Å²) in [5.41, 5.74) is 5.48. The van der Waals surface area contributed by atoms with Gasteiger partial charge < -0.3 is 29.9 Å². The van der Waals surface area contributed by atoms with Gasteiger partial charge in [0.1, 0.15) is 29.6 Å². The second kappa shape index (κ2) is 11.9. The first-order valence-corrected chi connectivity index (χ1v) is 12.8. The number of hydrogen-bond acceptors (Lipinski definition) is 9. The molecule has 2 aromatic rings. The van der Waals surface area contributed by atoms with Crippen LogP contribution < -0.4 is 19.9 Å². The summed E-state index contributed by atoms with van der Waals surface area (Å²) in [7, 11) is -4.20. The lowest BCUT2D eigenvalue weighted by Crippen LogP contribution is -2.46. The Labute approximate surface area is 208 Å². The number of esters is 1. The van der Waals surface area contributed by atoms with Crippen LogP contribution in [0, 0.1) is 0 Å². The number of aliphatic hydroxyl groups excluding tert-OH is 2. The molecule has 1 amide bonds. The van der Waals surface area contributed by atoms with E-state index in [4.69, 9.17) is 24.3 Å². The molecule has 1 aromatic heterocycles. The molecule has 1 aliphatic rings. The number of aliphatic hydroxyl groups is 2. The number of amides is 1. The molecule has 2 unspecified atom stereocenters. The highest BCUT2D eigenvalue weighted by Crippen LogP contribution is 2.45. The summed E-state index contributed by atoms with van der Waals surface area (Å²) in [5.74, 6) is -1.13. The Hall–Kier alpha value is -2.86. The average molecular weight is 524 g/mol. The lowest BCUT2D eigenvalue weighted by atomic mass is 10.1. The molecule has 0 aliphatic carbocycles. The minimum Gasteiger partial charge on any atom is -0.462 e. The molecule has 5 N–H and O–H groups in total. The summed E-state index contributed by atoms with van der Waals surface area (Å²) >= 11 is 0. The topological polar surface area (TPSA) is 171 Å². The van der Waals surface area contributed by atoms with Crippen molar-refractivity contribution in [3.05, 3.63) is 60.4 Å². The first-order valence-electron chi connectivity index (χ1n) is 11.3. The van der Waals surface area contributed by atoms with Crippen LogP contribution >= 0.6 is 7.75 Å². The smallest absolute Gasteiger partial charge is 0.459 e. The predicted octanol–water partition coefficient (Wildman–Crippen LogP) is 0.826. The predicted molar refractivity (Wildman–Crippen MR) is 126 cm³/mol. The van der Waals surface area contributed by atoms with Gasteiger partial charge in [-0.25, -0.2) is 4.57 Å². The molecule has 196 valence electrons. The molecule has 0 bridgehead atoms. The van der Waals surface area contributed by atoms with E-state index in [1.807, 2.05) is 0 Å². The van der Waals surface area contributed by atoms with E-state index in [1.165, 1.54) is 36.0 Å². The fraction of sp³-hybridized carbons (Fsp3) is 0.435. The van der Waals surface area contributed by atoms with E-state index in [0.29, 0.717) is 0 Å². The third-order valence-corrected chi connectivity index (χ3v) is 6.82. The number of primary amides is 1. The molecule has 1 aliphatic heterocycles. The Bertz CT molecular complexity index is 1100. The van der Waals surface area contributed by atoms with Gasteiger partial charge in [-0.1, -0.05) is 18.2 Å². The van der Waals surface area contributed by atoms with Crippen molar-refractivity contribution in [2.24, 2.45) is 5.73 Å². The van der Waals surface area contributed by atoms with E-state index in [-0.39, 0.29) is 17.4 Å². The van der Waals surface area contributed by atoms with Crippen LogP contribution in [0.25, 0.3) is 0 Å². The largest absolute Gasteiger partial charge is 0.462 e. The maximum Gasteiger partial charge on any atom is 0.459 e. The second-order valence-corrected chi connectivity index (χ2v) is 10.2. The van der Waals surface area contributed by atoms with Gasteiger partial charge in [0.05, 0.1) is 12.7 Å². The molecular weight excluding hydrogens is 493 g/mol. The molecule has 13 heteroatoms. The quantitative estimate of drug-likeness (QED) is 0.187. The molecule has 36 heavy (non-hydrogen) atoms. The number of nitrogens with zero attached hydrogens (tertiary/aromatic N) is 1. The van der Waals surface area contributed by atoms with Crippen LogP contribution in [0.5, 0.6) is 5.75 Å². The Morgan fingerprint density at radius 3 is 2.47 bits per heavy atom. The fourth-order valence-corrected chi connectivity index (χ4v) is 4.92. The highest BCUT2D eigenvalue weighted by atomic mass is 31.2. The van der Waals surface area contributed by atoms with Crippen molar-refractivity contribution in [3.8, 4) is 5.75 Å². The molecular formula is C23H31N3O9P+. The number of pyridine rings is 1. The normalized spacial score (nSPS) is 24.2. The van der Waals surface area contributed by atoms with Crippen LogP contribution in [0.15, 0.2) is 54.9 Å². The van der Waals surface area contributed by atoms with Gasteiger partial charge in [0.25, 0.3) is 12.1 Å². The van der Waals surface area contributed by atoms with Gasteiger partial charge in [-0.2, -0.15) is 9.65 Å². The van der Waals surface area contributed by atoms with Crippen LogP contribution in [0.4, 0.5) is 0 Å². The van der Waals surface area contributed by atoms with E-state index in [2.05, 4.69) is 5.09 Å². The average Bonchev–Trinajstić information content (AvgIpc) is 3.11. The number of nitrogens with one attached hydrogen (secondary N) is 1. The fourth-order valence-electron chi connectivity index (χ4n) is 3.42. The number of hydrogen-bond donors (Lipinski definition) is 4. The minimum absolute atomic E-state index is 0.176. The van der Waals surface area contributed by atoms with Gasteiger partial charge >= 0.3 is 13.7 Å². The van der Waals surface area contributed by atoms with Crippen LogP contribution in [-0.2, 0) is 23.4 Å². The summed E-state index contributed by atoms with van der Waals surface area (Å²) < 4.78 is 37.0. The lowest BCUT2D eigenvalue weighted by Gasteiger charge is -2.24. The van der Waals surface area contributed by atoms with E-state index in [0.717, 1.165) is 0 Å². The van der Waals surface area contributed by atoms with Gasteiger partial charge in [0, 0.05) is 6.07 Å². The van der Waals surface area contributed by atoms with Gasteiger partial charge in [0.2, 0.25) is 0 Å². The number of rotatable bonds is 11. The third-order valence-electron chi connectivity index (χ3n) is 5.17. The van der Waals surface area contributed by atoms with E-state index >= 15 is 0 Å². The van der Waals surface area contributed by atoms with Crippen molar-refractivity contribution in [2.45, 2.75) is 57.5 Å². The summed E-state index contributed by atoms with van der Waals surface area (Å²) in [6.07, 6.45) is -2.50. The van der Waals surface area contributed by atoms with Gasteiger partial charge in [0.15, 0.2) is 18.5 Å². The number of nitrogens with two attached hydrogens (primary N) is 1. The summed E-state index contributed by atoms with van der Waals surface area (Å²) in [6, 6.07) is 10.2. The maximum atomic E-state index is 13.6. The van der Waals surface area contributed by atoms with E-state index < -0.39 is 56.8 Å². The van der Waals surface area contributed by atoms with E-state index in [1.54, 1.807) is 44.2 Å². The Morgan fingerprint density at radius 2 is 1.83 bits per heavy atom. The molecule has 12 nitrogen and oxygen atoms in total. The van der Waals surface area contributed by atoms with Crippen LogP contribution in [-0.4, -0.2) is 59.2 Å². The number of ether oxygens (including phenoxy) is 2. The molecule has 3 rings (SSSR count). The SMILES string of the molecule is CC(C)OC(=O)[C@H](C)NP(=O)(OCC1O[C@@H]([n+]2cccc(C(N)=O)c2)[C@H](O)[C@@H]1O)Oc1ccccc1. The summed E-state index contributed by atoms with van der Waals surface area (Å²) in [4.78, 5) is 23.8. The van der Waals surface area contributed by atoms with Gasteiger partial charge in [-0.3, -0.25) is 14.1 Å². The number of para-hydroxylation sites is 1. The zero-order valence-corrected chi connectivity index (χ0v) is 21.0. The third kappa shape index (κ3) is 7.10. The molecule has 6 atom stereocenters. The van der Waals surface area contributed by atoms with Crippen LogP contribution in [0.2, 0.25) is 0 Å². The van der Waals surface area contributed by atoms with Crippen molar-refractivity contribution in [3.63, 3.8) is 0 Å². The van der Waals surface area contributed by atoms with Crippen LogP contribution in [0.3, 0.4) is 0 Å². The van der Waals surface area contributed by atoms with Crippen molar-refractivity contribution >= 4 is 19.6 Å². The highest BCUT2D eigenvalue weighted by molar-refractivity contribution is 7.52. The highest BCUT2D eigenvalue weighted by Gasteiger charge is 2.49. The molecule has 1 aromatic carbocycles. The van der Waals surface area contributed by atoms with Crippen molar-refractivity contribution < 1.29 is 47.5 Å². The first-order chi connectivity index (χ1) is 17.0. The van der Waals surface area contributed by atoms with Gasteiger partial charge in [-0.05, 0) is 39.0 Å². The van der Waals surface area contributed by atoms with Gasteiger partial charge in [-0.15, -0.1) is 0 Å². The first kappa shape index (κ1) is 27.7. The number of carbonyl (C=O) groups is 2. The van der Waals surface area contributed by atoms with E-state index in [9.17, 15) is 24.4 Å². The number of aromatic nitrogens is 1. The zero-order chi connectivity index (χ0) is 26.5. The summed E-state index contributed by atoms with van der Waals surface area (Å²) in [5, 5.41) is 23.6. The van der Waals surface area contributed by atoms with Crippen LogP contribution in [0.1, 0.15) is 37.4 Å². The molecule has 2 heterocycles. The molecule has 0 spiro atoms. The standard InChI is InChI=1S/C23H30N3O9P/c1-14(2)33-23(30)15(3)25-36(31,35-17-9-5-4-6-10-17)32-13-18-19(27)20(28)22(34-18)26-11-7-8-16(12-26)21(24)29/h4-12,14-15,18-20,22,27-28H,13H2,1-3H3,(H2-,24,25,29,31)/p+1/t15-,18?,19+,20+,22+,36?/m0/s1. The second-order valence-electron chi connectivity index (χ2n) is 8.48. The van der Waals surface area contributed by atoms with Crippen molar-refractivity contribution in [1.82, 2.24) is 5.09 Å². The zero-order valence-electron chi connectivity index (χ0n) is 20.1. The monoisotopic (exact) mass is 524 g/mol. The molecule has 0 saturated carbocycles. The summed E-state index contributed by atoms with van der Waals surface area (Å²) in [6.45, 7) is 4.34. The Kier molecular flexibility index (Phi) is 9.18. The number of benzene rings is 1. The Balaban J connectivity index is 1.74. The van der Waals surface area contributed by atoms with Crippen molar-refractivity contribution in [1.29, 1.82) is 0 Å². The minimum atomic E-state index is -4.20. The Morgan fingerprint density at radius 1 is 1.14 bits per heavy atom. The molecule has 1 fully saturated rings. The number of carbonyl (C=O) groups excluding carboxylic acids is 2. The molecule has 0 radical (unpaired) electrons. The molecule has 1 saturated heterocycles.